The lowest BCUT2D eigenvalue weighted by Gasteiger charge is -2.09. The van der Waals surface area contributed by atoms with E-state index in [9.17, 15) is 0 Å². The van der Waals surface area contributed by atoms with Gasteiger partial charge in [-0.1, -0.05) is 6.07 Å². The predicted molar refractivity (Wildman–Crippen MR) is 95.3 cm³/mol. The summed E-state index contributed by atoms with van der Waals surface area (Å²) in [6.45, 7) is 0. The molecule has 4 rings (SSSR count). The molecule has 120 valence electrons. The van der Waals surface area contributed by atoms with Gasteiger partial charge in [0.2, 0.25) is 0 Å². The predicted octanol–water partition coefficient (Wildman–Crippen LogP) is 3.59. The van der Waals surface area contributed by atoms with E-state index in [0.717, 1.165) is 38.3 Å². The first kappa shape index (κ1) is 14.9. The first-order valence-electron chi connectivity index (χ1n) is 7.33. The monoisotopic (exact) mass is 383 g/mol. The molecule has 0 bridgehead atoms. The van der Waals surface area contributed by atoms with E-state index in [1.807, 2.05) is 54.3 Å². The topological polar surface area (TPSA) is 57.8 Å². The van der Waals surface area contributed by atoms with Crippen LogP contribution in [0.4, 0.5) is 0 Å². The Labute approximate surface area is 146 Å². The highest BCUT2D eigenvalue weighted by Gasteiger charge is 2.14. The number of fused-ring (bicyclic) bond motifs is 1. The number of hydrogen-bond donors (Lipinski definition) is 0. The fraction of sp³-hybridized carbons (Fsp3) is 0.118. The van der Waals surface area contributed by atoms with Crippen LogP contribution in [0.2, 0.25) is 0 Å². The van der Waals surface area contributed by atoms with Crippen LogP contribution >= 0.6 is 15.9 Å². The van der Waals surface area contributed by atoms with Gasteiger partial charge in [-0.2, -0.15) is 5.10 Å². The molecule has 0 N–H and O–H groups in total. The number of imidazole rings is 1. The van der Waals surface area contributed by atoms with Gasteiger partial charge in [-0.05, 0) is 34.1 Å². The number of benzene rings is 1. The molecule has 7 heteroatoms. The van der Waals surface area contributed by atoms with E-state index in [2.05, 4.69) is 31.0 Å². The Kier molecular flexibility index (Phi) is 3.57. The number of rotatable bonds is 3. The minimum absolute atomic E-state index is 0.771. The molecule has 0 spiro atoms. The van der Waals surface area contributed by atoms with Crippen LogP contribution in [-0.2, 0) is 7.05 Å². The van der Waals surface area contributed by atoms with Gasteiger partial charge in [0.25, 0.3) is 0 Å². The van der Waals surface area contributed by atoms with E-state index in [4.69, 9.17) is 4.74 Å². The van der Waals surface area contributed by atoms with Crippen LogP contribution < -0.4 is 4.74 Å². The minimum atomic E-state index is 0.771. The molecule has 0 aliphatic carbocycles. The second-order valence-corrected chi connectivity index (χ2v) is 6.19. The van der Waals surface area contributed by atoms with Crippen LogP contribution in [-0.4, -0.2) is 31.4 Å². The van der Waals surface area contributed by atoms with E-state index in [-0.39, 0.29) is 0 Å². The Bertz CT molecular complexity index is 1040. The lowest BCUT2D eigenvalue weighted by molar-refractivity contribution is 0.417. The van der Waals surface area contributed by atoms with Gasteiger partial charge in [-0.3, -0.25) is 9.25 Å². The van der Waals surface area contributed by atoms with E-state index in [0.29, 0.717) is 0 Å². The standard InChI is InChI=1S/C17H14BrN5O/c1-22-9-11(8-20-22)12-6-13-14(7-15(12)24-2)23(10-19-13)17-5-3-4-16(18)21-17/h3-10H,1-2H3. The molecule has 6 nitrogen and oxygen atoms in total. The molecule has 0 unspecified atom stereocenters. The zero-order chi connectivity index (χ0) is 16.7. The molecule has 3 heterocycles. The van der Waals surface area contributed by atoms with Crippen molar-refractivity contribution in [3.63, 3.8) is 0 Å². The van der Waals surface area contributed by atoms with Gasteiger partial charge in [0.05, 0.1) is 24.3 Å². The third kappa shape index (κ3) is 2.46. The van der Waals surface area contributed by atoms with Gasteiger partial charge in [0, 0.05) is 30.4 Å². The minimum Gasteiger partial charge on any atom is -0.496 e. The van der Waals surface area contributed by atoms with Crippen molar-refractivity contribution in [3.05, 3.63) is 53.7 Å². The SMILES string of the molecule is COc1cc2c(cc1-c1cnn(C)c1)ncn2-c1cccc(Br)n1. The lowest BCUT2D eigenvalue weighted by atomic mass is 10.1. The molecule has 0 amide bonds. The van der Waals surface area contributed by atoms with Gasteiger partial charge in [-0.15, -0.1) is 0 Å². The third-order valence-electron chi connectivity index (χ3n) is 3.83. The summed E-state index contributed by atoms with van der Waals surface area (Å²) in [5.41, 5.74) is 3.76. The molecule has 24 heavy (non-hydrogen) atoms. The Morgan fingerprint density at radius 1 is 1.21 bits per heavy atom. The smallest absolute Gasteiger partial charge is 0.139 e. The van der Waals surface area contributed by atoms with E-state index in [1.54, 1.807) is 18.1 Å². The Balaban J connectivity index is 1.92. The number of halogens is 1. The second kappa shape index (κ2) is 5.76. The maximum atomic E-state index is 5.59. The number of ether oxygens (including phenoxy) is 1. The normalized spacial score (nSPS) is 11.1. The Morgan fingerprint density at radius 3 is 2.79 bits per heavy atom. The van der Waals surface area contributed by atoms with Gasteiger partial charge in [0.15, 0.2) is 0 Å². The number of methoxy groups -OCH3 is 1. The van der Waals surface area contributed by atoms with E-state index in [1.165, 1.54) is 0 Å². The van der Waals surface area contributed by atoms with Crippen molar-refractivity contribution in [2.75, 3.05) is 7.11 Å². The highest BCUT2D eigenvalue weighted by molar-refractivity contribution is 9.10. The summed E-state index contributed by atoms with van der Waals surface area (Å²) in [5, 5.41) is 4.23. The van der Waals surface area contributed by atoms with Gasteiger partial charge in [0.1, 0.15) is 22.5 Å². The van der Waals surface area contributed by atoms with Crippen LogP contribution in [0.25, 0.3) is 28.0 Å². The largest absolute Gasteiger partial charge is 0.496 e. The molecule has 0 atom stereocenters. The average Bonchev–Trinajstić information content (AvgIpc) is 3.19. The fourth-order valence-corrected chi connectivity index (χ4v) is 3.04. The number of pyridine rings is 1. The van der Waals surface area contributed by atoms with Crippen molar-refractivity contribution < 1.29 is 4.74 Å². The molecule has 1 aromatic carbocycles. The maximum absolute atomic E-state index is 5.59. The molecule has 4 aromatic rings. The zero-order valence-corrected chi connectivity index (χ0v) is 14.7. The summed E-state index contributed by atoms with van der Waals surface area (Å²) in [6.07, 6.45) is 5.54. The van der Waals surface area contributed by atoms with Crippen LogP contribution in [0.1, 0.15) is 0 Å². The zero-order valence-electron chi connectivity index (χ0n) is 13.1. The Hall–Kier alpha value is -2.67. The highest BCUT2D eigenvalue weighted by Crippen LogP contribution is 2.34. The summed E-state index contributed by atoms with van der Waals surface area (Å²) < 4.78 is 10.1. The van der Waals surface area contributed by atoms with Crippen molar-refractivity contribution in [1.82, 2.24) is 24.3 Å². The summed E-state index contributed by atoms with van der Waals surface area (Å²) in [4.78, 5) is 9.01. The summed E-state index contributed by atoms with van der Waals surface area (Å²) in [6, 6.07) is 9.77. The molecule has 3 aromatic heterocycles. The van der Waals surface area contributed by atoms with Crippen LogP contribution in [0.3, 0.4) is 0 Å². The summed E-state index contributed by atoms with van der Waals surface area (Å²) >= 11 is 3.41. The first-order valence-corrected chi connectivity index (χ1v) is 8.12. The summed E-state index contributed by atoms with van der Waals surface area (Å²) in [7, 11) is 3.56. The molecule has 0 fully saturated rings. The third-order valence-corrected chi connectivity index (χ3v) is 4.27. The van der Waals surface area contributed by atoms with Gasteiger partial charge >= 0.3 is 0 Å². The second-order valence-electron chi connectivity index (χ2n) is 5.38. The quantitative estimate of drug-likeness (QED) is 0.507. The Morgan fingerprint density at radius 2 is 2.08 bits per heavy atom. The molecule has 0 saturated carbocycles. The number of nitrogens with zero attached hydrogens (tertiary/aromatic N) is 5. The molecule has 0 radical (unpaired) electrons. The van der Waals surface area contributed by atoms with Gasteiger partial charge in [-0.25, -0.2) is 9.97 Å². The van der Waals surface area contributed by atoms with Crippen molar-refractivity contribution in [3.8, 4) is 22.7 Å². The lowest BCUT2D eigenvalue weighted by Crippen LogP contribution is -1.96. The van der Waals surface area contributed by atoms with E-state index >= 15 is 0 Å². The first-order chi connectivity index (χ1) is 11.7. The molecule has 0 aliphatic rings. The van der Waals surface area contributed by atoms with Crippen molar-refractivity contribution in [1.29, 1.82) is 0 Å². The van der Waals surface area contributed by atoms with Crippen LogP contribution in [0.5, 0.6) is 5.75 Å². The molecular formula is C17H14BrN5O. The fourth-order valence-electron chi connectivity index (χ4n) is 2.71. The van der Waals surface area contributed by atoms with Crippen molar-refractivity contribution in [2.24, 2.45) is 7.05 Å². The van der Waals surface area contributed by atoms with Crippen LogP contribution in [0, 0.1) is 0 Å². The number of aromatic nitrogens is 5. The highest BCUT2D eigenvalue weighted by atomic mass is 79.9. The molecular weight excluding hydrogens is 370 g/mol. The van der Waals surface area contributed by atoms with Gasteiger partial charge < -0.3 is 4.74 Å². The van der Waals surface area contributed by atoms with Crippen molar-refractivity contribution in [2.45, 2.75) is 0 Å². The number of aryl methyl sites for hydroxylation is 1. The molecule has 0 aliphatic heterocycles. The summed E-state index contributed by atoms with van der Waals surface area (Å²) in [5.74, 6) is 1.57. The number of hydrogen-bond acceptors (Lipinski definition) is 4. The van der Waals surface area contributed by atoms with E-state index < -0.39 is 0 Å². The average molecular weight is 384 g/mol. The van der Waals surface area contributed by atoms with Crippen LogP contribution in [0.15, 0.2) is 53.7 Å². The van der Waals surface area contributed by atoms with Crippen molar-refractivity contribution >= 4 is 27.0 Å². The maximum Gasteiger partial charge on any atom is 0.139 e. The molecule has 0 saturated heterocycles.